The molecule has 1 fully saturated rings. The predicted octanol–water partition coefficient (Wildman–Crippen LogP) is 0.552. The minimum atomic E-state index is -2.07. The molecule has 1 unspecified atom stereocenters. The minimum absolute atomic E-state index is 0.0786. The summed E-state index contributed by atoms with van der Waals surface area (Å²) < 4.78 is 7.72. The van der Waals surface area contributed by atoms with E-state index in [1.165, 1.54) is 42.6 Å². The van der Waals surface area contributed by atoms with Crippen molar-refractivity contribution in [3.63, 3.8) is 0 Å². The van der Waals surface area contributed by atoms with Crippen LogP contribution in [0.1, 0.15) is 50.4 Å². The first-order valence-corrected chi connectivity index (χ1v) is 11.2. The Hall–Kier alpha value is -3.13. The first-order valence-electron chi connectivity index (χ1n) is 11.2. The number of aromatic nitrogens is 1. The number of esters is 1. The fraction of sp³-hybridized carbons (Fsp3) is 0.458. The summed E-state index contributed by atoms with van der Waals surface area (Å²) in [5.74, 6) is -4.19. The second-order valence-electron chi connectivity index (χ2n) is 8.59. The molecular weight excluding hydrogens is 412 g/mol. The predicted molar refractivity (Wildman–Crippen MR) is 115 cm³/mol. The molecule has 0 saturated carbocycles. The van der Waals surface area contributed by atoms with Crippen LogP contribution in [-0.4, -0.2) is 47.3 Å². The van der Waals surface area contributed by atoms with Gasteiger partial charge in [-0.2, -0.15) is 0 Å². The zero-order valence-electron chi connectivity index (χ0n) is 18.3. The number of hydrogen-bond donors (Lipinski definition) is 2. The Morgan fingerprint density at radius 2 is 1.97 bits per heavy atom. The van der Waals surface area contributed by atoms with Crippen molar-refractivity contribution in [1.29, 1.82) is 0 Å². The number of aliphatic carboxylic acids is 2. The van der Waals surface area contributed by atoms with Crippen molar-refractivity contribution in [1.82, 2.24) is 4.57 Å². The first kappa shape index (κ1) is 22.1. The zero-order chi connectivity index (χ0) is 23.0. The van der Waals surface area contributed by atoms with Gasteiger partial charge in [-0.05, 0) is 43.9 Å². The van der Waals surface area contributed by atoms with Crippen LogP contribution >= 0.6 is 0 Å². The fourth-order valence-corrected chi connectivity index (χ4v) is 5.84. The van der Waals surface area contributed by atoms with Gasteiger partial charge in [0, 0.05) is 17.2 Å². The Morgan fingerprint density at radius 3 is 2.62 bits per heavy atom. The number of rotatable bonds is 3. The molecule has 4 heterocycles. The number of para-hydroxylation sites is 1. The van der Waals surface area contributed by atoms with Gasteiger partial charge in [-0.15, -0.1) is 0 Å². The van der Waals surface area contributed by atoms with E-state index >= 15 is 0 Å². The summed E-state index contributed by atoms with van der Waals surface area (Å²) in [5, 5.41) is 17.6. The van der Waals surface area contributed by atoms with Crippen LogP contribution in [0.3, 0.4) is 0 Å². The number of carbonyl (C=O) groups is 3. The second kappa shape index (κ2) is 8.43. The van der Waals surface area contributed by atoms with Gasteiger partial charge in [-0.3, -0.25) is 0 Å². The standard InChI is InChI=1S/C22H26N2O2.C2H2O4/c1-3-22-11-7-12-23-13-10-16-15-8-5-6-9-17(15)24(19(16)20(22)23)18(14-22)21(25)26-4-2;3-1(4)2(5)6/h5-6,8-9,14,20H,3-4,7,10-13H2,1-2H3;(H,3,4)(H,5,6)/t20-,22+;/m1./s1. The molecule has 1 saturated heterocycles. The van der Waals surface area contributed by atoms with E-state index in [2.05, 4.69) is 41.8 Å². The average molecular weight is 440 g/mol. The van der Waals surface area contributed by atoms with Crippen LogP contribution in [-0.2, 0) is 25.5 Å². The highest BCUT2D eigenvalue weighted by atomic mass is 16.5. The van der Waals surface area contributed by atoms with Crippen LogP contribution < -0.4 is 10.0 Å². The Bertz CT molecular complexity index is 1110. The van der Waals surface area contributed by atoms with Crippen LogP contribution in [0.2, 0.25) is 0 Å². The van der Waals surface area contributed by atoms with Gasteiger partial charge in [0.25, 0.3) is 0 Å². The zero-order valence-corrected chi connectivity index (χ0v) is 18.3. The van der Waals surface area contributed by atoms with Crippen molar-refractivity contribution in [3.8, 4) is 0 Å². The van der Waals surface area contributed by atoms with Gasteiger partial charge >= 0.3 is 11.9 Å². The number of carboxylic acid groups (broad SMARTS) is 2. The Morgan fingerprint density at radius 1 is 1.25 bits per heavy atom. The maximum absolute atomic E-state index is 12.9. The quantitative estimate of drug-likeness (QED) is 0.533. The van der Waals surface area contributed by atoms with Gasteiger partial charge in [0.1, 0.15) is 11.7 Å². The molecule has 0 amide bonds. The number of nitrogens with zero attached hydrogens (tertiary/aromatic N) is 1. The molecule has 8 nitrogen and oxygen atoms in total. The number of ether oxygens (including phenoxy) is 1. The summed E-state index contributed by atoms with van der Waals surface area (Å²) in [5.41, 5.74) is 4.83. The third kappa shape index (κ3) is 3.39. The lowest BCUT2D eigenvalue weighted by Crippen LogP contribution is -3.15. The number of quaternary nitrogens is 1. The number of nitrogens with one attached hydrogen (secondary N) is 1. The molecule has 0 bridgehead atoms. The normalized spacial score (nSPS) is 25.1. The molecule has 0 aliphatic carbocycles. The molecule has 3 atom stereocenters. The second-order valence-corrected chi connectivity index (χ2v) is 8.59. The smallest absolute Gasteiger partial charge is 0.354 e. The average Bonchev–Trinajstić information content (AvgIpc) is 3.13. The maximum atomic E-state index is 12.9. The van der Waals surface area contributed by atoms with Gasteiger partial charge in [-0.25, -0.2) is 9.59 Å². The molecule has 170 valence electrons. The van der Waals surface area contributed by atoms with Gasteiger partial charge in [0.05, 0.1) is 30.9 Å². The van der Waals surface area contributed by atoms with E-state index < -0.39 is 11.9 Å². The third-order valence-electron chi connectivity index (χ3n) is 7.10. The highest BCUT2D eigenvalue weighted by molar-refractivity contribution is 6.26. The lowest BCUT2D eigenvalue weighted by Gasteiger charge is -2.50. The van der Waals surface area contributed by atoms with E-state index in [-0.39, 0.29) is 11.4 Å². The summed E-state index contributed by atoms with van der Waals surface area (Å²) in [6.07, 6.45) is 6.86. The van der Waals surface area contributed by atoms with Gasteiger partial charge in [-0.1, -0.05) is 25.1 Å². The number of hydrogen-bond acceptors (Lipinski definition) is 5. The highest BCUT2D eigenvalue weighted by Gasteiger charge is 2.54. The summed E-state index contributed by atoms with van der Waals surface area (Å²) >= 11 is 0. The van der Waals surface area contributed by atoms with E-state index in [4.69, 9.17) is 24.5 Å². The number of benzene rings is 1. The minimum Gasteiger partial charge on any atom is -0.539 e. The molecule has 5 rings (SSSR count). The van der Waals surface area contributed by atoms with Gasteiger partial charge < -0.3 is 29.2 Å². The highest BCUT2D eigenvalue weighted by Crippen LogP contribution is 2.51. The van der Waals surface area contributed by atoms with E-state index in [1.54, 1.807) is 4.90 Å². The third-order valence-corrected chi connectivity index (χ3v) is 7.10. The van der Waals surface area contributed by atoms with Crippen LogP contribution in [0, 0.1) is 5.41 Å². The lowest BCUT2D eigenvalue weighted by molar-refractivity contribution is -0.947. The fourth-order valence-electron chi connectivity index (χ4n) is 5.84. The van der Waals surface area contributed by atoms with Crippen LogP contribution in [0.5, 0.6) is 0 Å². The molecular formula is C24H28N2O6. The molecule has 3 aliphatic rings. The molecule has 0 spiro atoms. The van der Waals surface area contributed by atoms with E-state index in [9.17, 15) is 4.79 Å². The largest absolute Gasteiger partial charge is 0.539 e. The van der Waals surface area contributed by atoms with Gasteiger partial charge in [0.2, 0.25) is 0 Å². The molecule has 2 N–H and O–H groups in total. The Kier molecular flexibility index (Phi) is 5.81. The van der Waals surface area contributed by atoms with Crippen molar-refractivity contribution in [3.05, 3.63) is 41.6 Å². The number of piperidine rings is 1. The Labute approximate surface area is 186 Å². The summed E-state index contributed by atoms with van der Waals surface area (Å²) in [6.45, 7) is 7.04. The van der Waals surface area contributed by atoms with Crippen molar-refractivity contribution in [2.45, 2.75) is 45.6 Å². The van der Waals surface area contributed by atoms with E-state index in [1.807, 2.05) is 6.92 Å². The molecule has 1 aromatic heterocycles. The Balaban J connectivity index is 0.000000363. The first-order chi connectivity index (χ1) is 15.3. The monoisotopic (exact) mass is 440 g/mol. The van der Waals surface area contributed by atoms with Crippen molar-refractivity contribution >= 4 is 34.5 Å². The SMILES string of the molecule is CCOC(=O)C1=C[C@]2(CC)CCC[NH+]3CCc4c(n1c1ccccc41)[C@@H]32.O=C([O-])C(=O)O. The molecule has 8 heteroatoms. The van der Waals surface area contributed by atoms with Gasteiger partial charge in [0.15, 0.2) is 5.97 Å². The molecule has 1 aromatic carbocycles. The topological polar surface area (TPSA) is 113 Å². The summed E-state index contributed by atoms with van der Waals surface area (Å²) in [6, 6.07) is 9.04. The van der Waals surface area contributed by atoms with E-state index in [0.29, 0.717) is 12.6 Å². The van der Waals surface area contributed by atoms with E-state index in [0.717, 1.165) is 24.1 Å². The molecule has 3 aliphatic heterocycles. The maximum Gasteiger partial charge on any atom is 0.354 e. The van der Waals surface area contributed by atoms with Crippen molar-refractivity contribution in [2.24, 2.45) is 5.41 Å². The molecule has 0 radical (unpaired) electrons. The lowest BCUT2D eigenvalue weighted by atomic mass is 9.66. The van der Waals surface area contributed by atoms with Crippen LogP contribution in [0.15, 0.2) is 30.3 Å². The summed E-state index contributed by atoms with van der Waals surface area (Å²) in [7, 11) is 0. The van der Waals surface area contributed by atoms with Crippen LogP contribution in [0.4, 0.5) is 0 Å². The van der Waals surface area contributed by atoms with Crippen molar-refractivity contribution in [2.75, 3.05) is 19.7 Å². The number of carboxylic acids is 2. The summed E-state index contributed by atoms with van der Waals surface area (Å²) in [4.78, 5) is 32.7. The van der Waals surface area contributed by atoms with Crippen LogP contribution in [0.25, 0.3) is 16.6 Å². The molecule has 32 heavy (non-hydrogen) atoms. The number of carbonyl (C=O) groups excluding carboxylic acids is 2. The van der Waals surface area contributed by atoms with Crippen molar-refractivity contribution < 1.29 is 34.2 Å². The number of fused-ring (bicyclic) bond motifs is 3. The molecule has 2 aromatic rings.